The van der Waals surface area contributed by atoms with E-state index in [0.29, 0.717) is 6.61 Å². The zero-order valence-corrected chi connectivity index (χ0v) is 12.0. The van der Waals surface area contributed by atoms with Crippen LogP contribution in [0.15, 0.2) is 29.6 Å². The van der Waals surface area contributed by atoms with Gasteiger partial charge in [0.15, 0.2) is 5.13 Å². The lowest BCUT2D eigenvalue weighted by Crippen LogP contribution is -2.20. The molecular weight excluding hydrogens is 278 g/mol. The van der Waals surface area contributed by atoms with Crippen molar-refractivity contribution in [2.75, 3.05) is 19.0 Å². The summed E-state index contributed by atoms with van der Waals surface area (Å²) in [6.07, 6.45) is 0. The molecule has 0 radical (unpaired) electrons. The minimum Gasteiger partial charge on any atom is -0.383 e. The third kappa shape index (κ3) is 3.52. The van der Waals surface area contributed by atoms with Gasteiger partial charge in [0.25, 0.3) is 5.69 Å². The average molecular weight is 293 g/mol. The van der Waals surface area contributed by atoms with Crippen molar-refractivity contribution < 1.29 is 9.66 Å². The highest BCUT2D eigenvalue weighted by molar-refractivity contribution is 7.14. The van der Waals surface area contributed by atoms with Crippen LogP contribution in [0.5, 0.6) is 0 Å². The Bertz CT molecular complexity index is 583. The maximum Gasteiger partial charge on any atom is 0.269 e. The fourth-order valence-corrected chi connectivity index (χ4v) is 2.56. The number of nitro groups is 1. The monoisotopic (exact) mass is 293 g/mol. The number of anilines is 1. The molecule has 0 bridgehead atoms. The molecule has 20 heavy (non-hydrogen) atoms. The van der Waals surface area contributed by atoms with Gasteiger partial charge in [0, 0.05) is 36.2 Å². The standard InChI is InChI=1S/C13H15N3O3S/c1-9(7-19-2)14-13-15-12(8-20-13)10-3-5-11(6-4-10)16(17)18/h3-6,8-9H,7H2,1-2H3,(H,14,15)/t9-/m0/s1. The SMILES string of the molecule is COC[C@H](C)Nc1nc(-c2ccc([N+](=O)[O-])cc2)cs1. The first-order valence-corrected chi connectivity index (χ1v) is 6.94. The molecule has 0 unspecified atom stereocenters. The summed E-state index contributed by atoms with van der Waals surface area (Å²) in [5.74, 6) is 0. The van der Waals surface area contributed by atoms with E-state index in [2.05, 4.69) is 10.3 Å². The van der Waals surface area contributed by atoms with Crippen molar-refractivity contribution in [1.29, 1.82) is 0 Å². The highest BCUT2D eigenvalue weighted by Gasteiger charge is 2.09. The Kier molecular flexibility index (Phi) is 4.65. The maximum atomic E-state index is 10.6. The third-order valence-electron chi connectivity index (χ3n) is 2.66. The van der Waals surface area contributed by atoms with Gasteiger partial charge in [-0.3, -0.25) is 10.1 Å². The van der Waals surface area contributed by atoms with E-state index in [0.717, 1.165) is 16.4 Å². The number of nitro benzene ring substituents is 1. The van der Waals surface area contributed by atoms with E-state index < -0.39 is 4.92 Å². The Balaban J connectivity index is 2.10. The second-order valence-corrected chi connectivity index (χ2v) is 5.20. The Morgan fingerprint density at radius 3 is 2.75 bits per heavy atom. The molecule has 0 saturated heterocycles. The zero-order chi connectivity index (χ0) is 14.5. The molecule has 0 aliphatic heterocycles. The highest BCUT2D eigenvalue weighted by atomic mass is 32.1. The molecule has 1 N–H and O–H groups in total. The van der Waals surface area contributed by atoms with E-state index in [1.807, 2.05) is 12.3 Å². The number of methoxy groups -OCH3 is 1. The minimum absolute atomic E-state index is 0.0797. The van der Waals surface area contributed by atoms with Crippen molar-refractivity contribution in [2.24, 2.45) is 0 Å². The molecule has 1 heterocycles. The molecule has 0 aliphatic rings. The van der Waals surface area contributed by atoms with Crippen LogP contribution in [0.3, 0.4) is 0 Å². The van der Waals surface area contributed by atoms with Crippen molar-refractivity contribution in [2.45, 2.75) is 13.0 Å². The van der Waals surface area contributed by atoms with E-state index >= 15 is 0 Å². The normalized spacial score (nSPS) is 12.1. The molecule has 0 spiro atoms. The molecule has 2 rings (SSSR count). The minimum atomic E-state index is -0.412. The van der Waals surface area contributed by atoms with Crippen LogP contribution >= 0.6 is 11.3 Å². The molecule has 0 fully saturated rings. The van der Waals surface area contributed by atoms with Gasteiger partial charge < -0.3 is 10.1 Å². The van der Waals surface area contributed by atoms with Gasteiger partial charge in [0.05, 0.1) is 17.2 Å². The van der Waals surface area contributed by atoms with Crippen molar-refractivity contribution in [3.05, 3.63) is 39.8 Å². The predicted octanol–water partition coefficient (Wildman–Crippen LogP) is 3.17. The van der Waals surface area contributed by atoms with Gasteiger partial charge in [-0.15, -0.1) is 11.3 Å². The smallest absolute Gasteiger partial charge is 0.269 e. The quantitative estimate of drug-likeness (QED) is 0.654. The number of thiazole rings is 1. The van der Waals surface area contributed by atoms with Crippen LogP contribution < -0.4 is 5.32 Å². The number of benzene rings is 1. The maximum absolute atomic E-state index is 10.6. The van der Waals surface area contributed by atoms with E-state index in [1.54, 1.807) is 19.2 Å². The Morgan fingerprint density at radius 2 is 2.15 bits per heavy atom. The van der Waals surface area contributed by atoms with Crippen LogP contribution in [0, 0.1) is 10.1 Å². The second kappa shape index (κ2) is 6.44. The van der Waals surface area contributed by atoms with Gasteiger partial charge in [-0.25, -0.2) is 4.98 Å². The van der Waals surface area contributed by atoms with Gasteiger partial charge in [-0.2, -0.15) is 0 Å². The molecule has 6 nitrogen and oxygen atoms in total. The lowest BCUT2D eigenvalue weighted by atomic mass is 10.1. The van der Waals surface area contributed by atoms with Crippen molar-refractivity contribution in [1.82, 2.24) is 4.98 Å². The summed E-state index contributed by atoms with van der Waals surface area (Å²) in [7, 11) is 1.66. The molecule has 7 heteroatoms. The van der Waals surface area contributed by atoms with Crippen LogP contribution in [0.4, 0.5) is 10.8 Å². The van der Waals surface area contributed by atoms with Gasteiger partial charge in [-0.1, -0.05) is 0 Å². The van der Waals surface area contributed by atoms with E-state index in [-0.39, 0.29) is 11.7 Å². The largest absolute Gasteiger partial charge is 0.383 e. The van der Waals surface area contributed by atoms with E-state index in [1.165, 1.54) is 23.5 Å². The van der Waals surface area contributed by atoms with Crippen LogP contribution in [-0.4, -0.2) is 29.7 Å². The molecule has 0 saturated carbocycles. The van der Waals surface area contributed by atoms with Gasteiger partial charge in [0.1, 0.15) is 0 Å². The highest BCUT2D eigenvalue weighted by Crippen LogP contribution is 2.26. The number of non-ortho nitro benzene ring substituents is 1. The summed E-state index contributed by atoms with van der Waals surface area (Å²) in [5.41, 5.74) is 1.74. The predicted molar refractivity (Wildman–Crippen MR) is 79.2 cm³/mol. The van der Waals surface area contributed by atoms with Crippen molar-refractivity contribution in [3.8, 4) is 11.3 Å². The Morgan fingerprint density at radius 1 is 1.45 bits per heavy atom. The van der Waals surface area contributed by atoms with E-state index in [9.17, 15) is 10.1 Å². The summed E-state index contributed by atoms with van der Waals surface area (Å²) in [6, 6.07) is 6.55. The first kappa shape index (κ1) is 14.4. The van der Waals surface area contributed by atoms with Crippen LogP contribution in [0.2, 0.25) is 0 Å². The molecule has 0 aliphatic carbocycles. The lowest BCUT2D eigenvalue weighted by Gasteiger charge is -2.10. The lowest BCUT2D eigenvalue weighted by molar-refractivity contribution is -0.384. The van der Waals surface area contributed by atoms with Crippen molar-refractivity contribution >= 4 is 22.2 Å². The average Bonchev–Trinajstić information content (AvgIpc) is 2.87. The summed E-state index contributed by atoms with van der Waals surface area (Å²) in [5, 5.41) is 16.6. The summed E-state index contributed by atoms with van der Waals surface area (Å²) < 4.78 is 5.05. The van der Waals surface area contributed by atoms with Crippen molar-refractivity contribution in [3.63, 3.8) is 0 Å². The molecule has 106 valence electrons. The number of nitrogens with one attached hydrogen (secondary N) is 1. The number of aromatic nitrogens is 1. The Labute approximate surface area is 120 Å². The number of hydrogen-bond donors (Lipinski definition) is 1. The summed E-state index contributed by atoms with van der Waals surface area (Å²) in [6.45, 7) is 2.61. The molecule has 1 atom stereocenters. The second-order valence-electron chi connectivity index (χ2n) is 4.34. The van der Waals surface area contributed by atoms with E-state index in [4.69, 9.17) is 4.74 Å². The number of ether oxygens (including phenoxy) is 1. The van der Waals surface area contributed by atoms with Crippen LogP contribution in [0.25, 0.3) is 11.3 Å². The fraction of sp³-hybridized carbons (Fsp3) is 0.308. The number of rotatable bonds is 6. The van der Waals surface area contributed by atoms with Gasteiger partial charge >= 0.3 is 0 Å². The molecule has 2 aromatic rings. The first-order valence-electron chi connectivity index (χ1n) is 6.06. The number of hydrogen-bond acceptors (Lipinski definition) is 6. The molecule has 1 aromatic carbocycles. The van der Waals surface area contributed by atoms with Gasteiger partial charge in [-0.05, 0) is 19.1 Å². The van der Waals surface area contributed by atoms with Crippen LogP contribution in [0.1, 0.15) is 6.92 Å². The first-order chi connectivity index (χ1) is 9.60. The summed E-state index contributed by atoms with van der Waals surface area (Å²) >= 11 is 1.50. The van der Waals surface area contributed by atoms with Gasteiger partial charge in [0.2, 0.25) is 0 Å². The fourth-order valence-electron chi connectivity index (χ4n) is 1.73. The molecule has 0 amide bonds. The van der Waals surface area contributed by atoms with Crippen LogP contribution in [-0.2, 0) is 4.74 Å². The number of nitrogens with zero attached hydrogens (tertiary/aromatic N) is 2. The summed E-state index contributed by atoms with van der Waals surface area (Å²) in [4.78, 5) is 14.7. The topological polar surface area (TPSA) is 77.3 Å². The zero-order valence-electron chi connectivity index (χ0n) is 11.2. The third-order valence-corrected chi connectivity index (χ3v) is 3.44. The molecule has 1 aromatic heterocycles. The molecular formula is C13H15N3O3S. The Hall–Kier alpha value is -1.99.